The van der Waals surface area contributed by atoms with Crippen LogP contribution in [0.4, 0.5) is 5.69 Å². The third-order valence-corrected chi connectivity index (χ3v) is 4.14. The lowest BCUT2D eigenvalue weighted by Gasteiger charge is -2.20. The van der Waals surface area contributed by atoms with Crippen molar-refractivity contribution in [2.75, 3.05) is 18.5 Å². The van der Waals surface area contributed by atoms with Crippen molar-refractivity contribution in [3.63, 3.8) is 0 Å². The van der Waals surface area contributed by atoms with Crippen LogP contribution in [0.3, 0.4) is 0 Å². The number of hydrogen-bond acceptors (Lipinski definition) is 4. The number of rotatable bonds is 3. The largest absolute Gasteiger partial charge is 0.491 e. The lowest BCUT2D eigenvalue weighted by molar-refractivity contribution is -0.185. The van der Waals surface area contributed by atoms with E-state index >= 15 is 0 Å². The molecular formula is C17H14ClNO4. The molecule has 1 amide bonds. The first-order valence-electron chi connectivity index (χ1n) is 7.28. The van der Waals surface area contributed by atoms with E-state index < -0.39 is 5.79 Å². The van der Waals surface area contributed by atoms with Crippen molar-refractivity contribution in [3.8, 4) is 5.75 Å². The van der Waals surface area contributed by atoms with E-state index in [1.807, 2.05) is 24.3 Å². The number of carbonyl (C=O) groups is 1. The third-order valence-electron chi connectivity index (χ3n) is 3.88. The maximum absolute atomic E-state index is 12.3. The molecule has 2 aromatic rings. The van der Waals surface area contributed by atoms with Crippen LogP contribution in [0, 0.1) is 0 Å². The highest BCUT2D eigenvalue weighted by Crippen LogP contribution is 2.43. The lowest BCUT2D eigenvalue weighted by atomic mass is 10.1. The molecule has 5 nitrogen and oxygen atoms in total. The quantitative estimate of drug-likeness (QED) is 0.939. The number of fused-ring (bicyclic) bond motifs is 2. The number of amides is 1. The maximum atomic E-state index is 12.3. The normalized spacial score (nSPS) is 25.4. The third kappa shape index (κ3) is 2.47. The summed E-state index contributed by atoms with van der Waals surface area (Å²) in [6, 6.07) is 14.4. The van der Waals surface area contributed by atoms with E-state index in [2.05, 4.69) is 5.32 Å². The smallest absolute Gasteiger partial charge is 0.289 e. The van der Waals surface area contributed by atoms with E-state index in [1.54, 1.807) is 24.3 Å². The number of nitrogens with one attached hydrogen (secondary N) is 1. The number of benzene rings is 2. The van der Waals surface area contributed by atoms with Crippen LogP contribution < -0.4 is 10.1 Å². The Labute approximate surface area is 138 Å². The molecule has 23 heavy (non-hydrogen) atoms. The minimum absolute atomic E-state index is 0.287. The van der Waals surface area contributed by atoms with Gasteiger partial charge in [-0.2, -0.15) is 0 Å². The predicted molar refractivity (Wildman–Crippen MR) is 84.5 cm³/mol. The first kappa shape index (κ1) is 14.5. The molecule has 0 saturated carbocycles. The first-order valence-corrected chi connectivity index (χ1v) is 7.66. The molecule has 4 rings (SSSR count). The summed E-state index contributed by atoms with van der Waals surface area (Å²) in [4.78, 5) is 12.3. The van der Waals surface area contributed by atoms with Crippen LogP contribution in [0.15, 0.2) is 48.5 Å². The number of para-hydroxylation sites is 1. The summed E-state index contributed by atoms with van der Waals surface area (Å²) in [5, 5.41) is 3.44. The van der Waals surface area contributed by atoms with Gasteiger partial charge in [-0.05, 0) is 30.3 Å². The number of halogens is 1. The van der Waals surface area contributed by atoms with Gasteiger partial charge in [0, 0.05) is 10.6 Å². The van der Waals surface area contributed by atoms with Gasteiger partial charge in [0.05, 0.1) is 12.3 Å². The van der Waals surface area contributed by atoms with Crippen LogP contribution in [-0.2, 0) is 20.1 Å². The van der Waals surface area contributed by atoms with Gasteiger partial charge in [-0.15, -0.1) is 0 Å². The maximum Gasteiger partial charge on any atom is 0.289 e. The molecule has 1 spiro atoms. The molecule has 0 aliphatic carbocycles. The van der Waals surface area contributed by atoms with Crippen LogP contribution in [-0.4, -0.2) is 25.2 Å². The summed E-state index contributed by atoms with van der Waals surface area (Å²) < 4.78 is 17.3. The molecule has 2 aromatic carbocycles. The Balaban J connectivity index is 1.47. The monoisotopic (exact) mass is 331 g/mol. The van der Waals surface area contributed by atoms with Crippen molar-refractivity contribution in [1.82, 2.24) is 0 Å². The first-order chi connectivity index (χ1) is 11.2. The van der Waals surface area contributed by atoms with Crippen molar-refractivity contribution >= 4 is 23.2 Å². The van der Waals surface area contributed by atoms with Crippen molar-refractivity contribution < 1.29 is 19.0 Å². The Kier molecular flexibility index (Phi) is 3.49. The van der Waals surface area contributed by atoms with Crippen LogP contribution in [0.5, 0.6) is 5.75 Å². The molecule has 2 aliphatic rings. The standard InChI is InChI=1S/C17H14ClNO4/c18-11-5-7-12(8-6-11)21-9-13-10-22-17(23-13)14-3-1-2-4-15(14)19-16(17)20/h1-8,13H,9-10H2,(H,19,20)/t13?,17-/m1/s1. The molecule has 1 N–H and O–H groups in total. The predicted octanol–water partition coefficient (Wildman–Crippen LogP) is 2.94. The van der Waals surface area contributed by atoms with Crippen molar-refractivity contribution in [2.45, 2.75) is 11.9 Å². The molecule has 118 valence electrons. The zero-order chi connectivity index (χ0) is 15.9. The van der Waals surface area contributed by atoms with Crippen LogP contribution in [0.25, 0.3) is 0 Å². The Hall–Kier alpha value is -2.08. The summed E-state index contributed by atoms with van der Waals surface area (Å²) in [5.41, 5.74) is 1.43. The Morgan fingerprint density at radius 2 is 2.00 bits per heavy atom. The van der Waals surface area contributed by atoms with Crippen LogP contribution in [0.1, 0.15) is 5.56 Å². The minimum atomic E-state index is -1.36. The average molecular weight is 332 g/mol. The van der Waals surface area contributed by atoms with Gasteiger partial charge in [-0.3, -0.25) is 4.79 Å². The highest BCUT2D eigenvalue weighted by Gasteiger charge is 2.55. The number of anilines is 1. The Morgan fingerprint density at radius 3 is 2.83 bits per heavy atom. The molecule has 0 aromatic heterocycles. The molecule has 1 fully saturated rings. The Morgan fingerprint density at radius 1 is 1.22 bits per heavy atom. The second-order valence-corrected chi connectivity index (χ2v) is 5.87. The van der Waals surface area contributed by atoms with E-state index in [1.165, 1.54) is 0 Å². The zero-order valence-corrected chi connectivity index (χ0v) is 12.9. The second-order valence-electron chi connectivity index (χ2n) is 5.43. The highest BCUT2D eigenvalue weighted by atomic mass is 35.5. The van der Waals surface area contributed by atoms with Gasteiger partial charge in [0.25, 0.3) is 11.7 Å². The second kappa shape index (κ2) is 5.53. The number of carbonyl (C=O) groups excluding carboxylic acids is 1. The van der Waals surface area contributed by atoms with E-state index in [9.17, 15) is 4.79 Å². The van der Waals surface area contributed by atoms with Gasteiger partial charge in [0.2, 0.25) is 0 Å². The molecule has 2 heterocycles. The molecule has 0 radical (unpaired) electrons. The fourth-order valence-corrected chi connectivity index (χ4v) is 2.91. The van der Waals surface area contributed by atoms with Gasteiger partial charge in [0.15, 0.2) is 0 Å². The number of ether oxygens (including phenoxy) is 3. The summed E-state index contributed by atoms with van der Waals surface area (Å²) in [6.45, 7) is 0.578. The fraction of sp³-hybridized carbons (Fsp3) is 0.235. The van der Waals surface area contributed by atoms with Gasteiger partial charge >= 0.3 is 0 Å². The van der Waals surface area contributed by atoms with E-state index in [0.29, 0.717) is 22.9 Å². The van der Waals surface area contributed by atoms with E-state index in [-0.39, 0.29) is 18.6 Å². The molecule has 6 heteroatoms. The van der Waals surface area contributed by atoms with Gasteiger partial charge < -0.3 is 19.5 Å². The summed E-state index contributed by atoms with van der Waals surface area (Å²) in [6.07, 6.45) is -0.331. The highest BCUT2D eigenvalue weighted by molar-refractivity contribution is 6.30. The molecule has 2 atom stereocenters. The van der Waals surface area contributed by atoms with Crippen LogP contribution >= 0.6 is 11.6 Å². The van der Waals surface area contributed by atoms with Crippen molar-refractivity contribution in [1.29, 1.82) is 0 Å². The molecular weight excluding hydrogens is 318 g/mol. The molecule has 2 aliphatic heterocycles. The fourth-order valence-electron chi connectivity index (χ4n) is 2.78. The minimum Gasteiger partial charge on any atom is -0.491 e. The van der Waals surface area contributed by atoms with E-state index in [4.69, 9.17) is 25.8 Å². The van der Waals surface area contributed by atoms with Gasteiger partial charge in [-0.1, -0.05) is 29.8 Å². The topological polar surface area (TPSA) is 56.8 Å². The molecule has 1 saturated heterocycles. The number of hydrogen-bond donors (Lipinski definition) is 1. The van der Waals surface area contributed by atoms with Gasteiger partial charge in [-0.25, -0.2) is 0 Å². The van der Waals surface area contributed by atoms with Crippen molar-refractivity contribution in [2.24, 2.45) is 0 Å². The van der Waals surface area contributed by atoms with Gasteiger partial charge in [0.1, 0.15) is 18.5 Å². The van der Waals surface area contributed by atoms with Crippen LogP contribution in [0.2, 0.25) is 5.02 Å². The molecule has 1 unspecified atom stereocenters. The summed E-state index contributed by atoms with van der Waals surface area (Å²) >= 11 is 5.84. The molecule has 0 bridgehead atoms. The Bertz CT molecular complexity index is 749. The SMILES string of the molecule is O=C1Nc2ccccc2[C@]12OCC(COc1ccc(Cl)cc1)O2. The summed E-state index contributed by atoms with van der Waals surface area (Å²) in [7, 11) is 0. The van der Waals surface area contributed by atoms with Crippen molar-refractivity contribution in [3.05, 3.63) is 59.1 Å². The zero-order valence-electron chi connectivity index (χ0n) is 12.1. The van der Waals surface area contributed by atoms with E-state index in [0.717, 1.165) is 5.69 Å². The summed E-state index contributed by atoms with van der Waals surface area (Å²) in [5.74, 6) is -0.965. The lowest BCUT2D eigenvalue weighted by Crippen LogP contribution is -2.36. The average Bonchev–Trinajstić information content (AvgIpc) is 3.11.